The molecular weight excluding hydrogens is 1000 g/mol. The van der Waals surface area contributed by atoms with Crippen LogP contribution in [0.4, 0.5) is 0 Å². The van der Waals surface area contributed by atoms with Crippen LogP contribution in [-0.4, -0.2) is 36.4 Å². The number of carbonyl (C=O) groups is 2. The number of unbranched alkanes of at least 4 members (excludes halogenated alkanes) is 24. The van der Waals surface area contributed by atoms with Gasteiger partial charge in [-0.1, -0.05) is 312 Å². The Morgan fingerprint density at radius 1 is 0.280 bits per heavy atom. The Bertz CT molecular complexity index is 1810. The molecule has 5 nitrogen and oxygen atoms in total. The third kappa shape index (κ3) is 67.8. The van der Waals surface area contributed by atoms with Crippen LogP contribution in [0.2, 0.25) is 0 Å². The normalized spacial score (nSPS) is 13.4. The van der Waals surface area contributed by atoms with Gasteiger partial charge in [-0.2, -0.15) is 0 Å². The lowest BCUT2D eigenvalue weighted by Crippen LogP contribution is -2.28. The summed E-state index contributed by atoms with van der Waals surface area (Å²) >= 11 is 0. The monoisotopic (exact) mass is 1130 g/mol. The van der Waals surface area contributed by atoms with Crippen LogP contribution in [0, 0.1) is 0 Å². The van der Waals surface area contributed by atoms with Gasteiger partial charge in [-0.25, -0.2) is 0 Å². The van der Waals surface area contributed by atoms with Crippen LogP contribution in [0.1, 0.15) is 284 Å². The van der Waals surface area contributed by atoms with E-state index in [1.807, 2.05) is 0 Å². The van der Waals surface area contributed by atoms with E-state index < -0.39 is 6.10 Å². The van der Waals surface area contributed by atoms with Gasteiger partial charge in [-0.05, 0) is 128 Å². The summed E-state index contributed by atoms with van der Waals surface area (Å²) in [7, 11) is 0. The highest BCUT2D eigenvalue weighted by atomic mass is 16.6. The van der Waals surface area contributed by atoms with Crippen molar-refractivity contribution in [3.63, 3.8) is 0 Å². The van der Waals surface area contributed by atoms with Gasteiger partial charge in [0.1, 0.15) is 6.61 Å². The van der Waals surface area contributed by atoms with Crippen molar-refractivity contribution >= 4 is 11.9 Å². The molecule has 0 rings (SSSR count). The molecule has 462 valence electrons. The van der Waals surface area contributed by atoms with E-state index in [-0.39, 0.29) is 25.2 Å². The van der Waals surface area contributed by atoms with Crippen molar-refractivity contribution in [2.45, 2.75) is 290 Å². The second-order valence-corrected chi connectivity index (χ2v) is 21.8. The van der Waals surface area contributed by atoms with Gasteiger partial charge < -0.3 is 14.6 Å². The van der Waals surface area contributed by atoms with E-state index >= 15 is 0 Å². The Kier molecular flexibility index (Phi) is 66.4. The maximum absolute atomic E-state index is 12.3. The molecule has 5 heteroatoms. The molecule has 0 spiro atoms. The van der Waals surface area contributed by atoms with E-state index in [9.17, 15) is 14.7 Å². The van der Waals surface area contributed by atoms with E-state index in [4.69, 9.17) is 9.47 Å². The van der Waals surface area contributed by atoms with Crippen LogP contribution in [0.25, 0.3) is 0 Å². The fourth-order valence-corrected chi connectivity index (χ4v) is 9.05. The lowest BCUT2D eigenvalue weighted by Gasteiger charge is -2.15. The lowest BCUT2D eigenvalue weighted by atomic mass is 10.0. The fraction of sp³-hybridized carbons (Fsp3) is 0.610. The first-order valence-corrected chi connectivity index (χ1v) is 33.7. The van der Waals surface area contributed by atoms with Crippen LogP contribution >= 0.6 is 0 Å². The number of ether oxygens (including phenoxy) is 2. The molecule has 0 amide bonds. The summed E-state index contributed by atoms with van der Waals surface area (Å²) in [6, 6.07) is 0. The molecule has 0 aliphatic rings. The molecule has 0 bridgehead atoms. The molecule has 0 aliphatic heterocycles. The van der Waals surface area contributed by atoms with Gasteiger partial charge >= 0.3 is 11.9 Å². The average Bonchev–Trinajstić information content (AvgIpc) is 3.49. The topological polar surface area (TPSA) is 72.8 Å². The number of aliphatic hydroxyl groups is 1. The third-order valence-corrected chi connectivity index (χ3v) is 14.0. The van der Waals surface area contributed by atoms with Gasteiger partial charge in [0.25, 0.3) is 0 Å². The van der Waals surface area contributed by atoms with Crippen LogP contribution in [0.3, 0.4) is 0 Å². The zero-order valence-electron chi connectivity index (χ0n) is 52.9. The molecule has 0 aromatic rings. The van der Waals surface area contributed by atoms with Crippen molar-refractivity contribution in [1.29, 1.82) is 0 Å². The van der Waals surface area contributed by atoms with Crippen molar-refractivity contribution < 1.29 is 24.2 Å². The molecule has 1 atom stereocenters. The molecule has 0 heterocycles. The average molecular weight is 1130 g/mol. The summed E-state index contributed by atoms with van der Waals surface area (Å²) in [5.74, 6) is -0.644. The van der Waals surface area contributed by atoms with Crippen molar-refractivity contribution in [2.24, 2.45) is 0 Å². The Balaban J connectivity index is 3.57. The highest BCUT2D eigenvalue weighted by Crippen LogP contribution is 2.17. The molecule has 0 aliphatic carbocycles. The number of aliphatic hydroxyl groups excluding tert-OH is 1. The Hall–Kier alpha value is -4.74. The highest BCUT2D eigenvalue weighted by molar-refractivity contribution is 5.70. The van der Waals surface area contributed by atoms with Crippen LogP contribution < -0.4 is 0 Å². The minimum absolute atomic E-state index is 0.0915. The van der Waals surface area contributed by atoms with Gasteiger partial charge in [0, 0.05) is 12.8 Å². The Labute approximate surface area is 506 Å². The van der Waals surface area contributed by atoms with E-state index in [0.717, 1.165) is 122 Å². The van der Waals surface area contributed by atoms with Crippen molar-refractivity contribution in [2.75, 3.05) is 13.2 Å². The zero-order valence-corrected chi connectivity index (χ0v) is 52.9. The van der Waals surface area contributed by atoms with E-state index in [0.29, 0.717) is 19.3 Å². The molecule has 0 aromatic heterocycles. The number of esters is 2. The minimum Gasteiger partial charge on any atom is -0.462 e. The first-order valence-electron chi connectivity index (χ1n) is 33.7. The van der Waals surface area contributed by atoms with E-state index in [1.165, 1.54) is 128 Å². The molecule has 0 aromatic carbocycles. The third-order valence-electron chi connectivity index (χ3n) is 14.0. The van der Waals surface area contributed by atoms with Gasteiger partial charge in [-0.15, -0.1) is 0 Å². The molecule has 82 heavy (non-hydrogen) atoms. The largest absolute Gasteiger partial charge is 0.462 e. The molecule has 1 N–H and O–H groups in total. The van der Waals surface area contributed by atoms with Crippen LogP contribution in [0.5, 0.6) is 0 Å². The maximum Gasteiger partial charge on any atom is 0.306 e. The van der Waals surface area contributed by atoms with Gasteiger partial charge in [-0.3, -0.25) is 9.59 Å². The molecule has 0 saturated heterocycles. The quantitative estimate of drug-likeness (QED) is 0.0373. The number of hydrogen-bond donors (Lipinski definition) is 1. The van der Waals surface area contributed by atoms with Gasteiger partial charge in [0.2, 0.25) is 0 Å². The predicted octanol–water partition coefficient (Wildman–Crippen LogP) is 23.6. The zero-order chi connectivity index (χ0) is 59.1. The first-order chi connectivity index (χ1) is 40.6. The summed E-state index contributed by atoms with van der Waals surface area (Å²) in [4.78, 5) is 24.6. The highest BCUT2D eigenvalue weighted by Gasteiger charge is 2.16. The summed E-state index contributed by atoms with van der Waals surface area (Å²) in [5.41, 5.74) is 0. The second-order valence-electron chi connectivity index (χ2n) is 21.8. The first kappa shape index (κ1) is 77.3. The standard InChI is InChI=1S/C77H124O5/c1-3-5-7-9-11-13-15-17-19-21-23-25-27-29-31-33-35-37-38-40-41-43-45-47-49-51-53-55-57-59-61-63-65-67-69-71-76(79)81-74-75(73-78)82-77(80)72-70-68-66-64-62-60-58-56-54-52-50-48-46-44-42-39-36-34-32-30-28-26-24-22-20-18-16-14-12-10-8-6-4-2/h5-8,11-14,17-20,23-26,30,32,36,39,44,46,50,52,56,58,62,64,75,78H,3-4,9-10,15-16,21-22,27-29,31,33-35,37-38,40-43,45,47-49,51,53-55,57,59-61,63,65-74H2,1-2H3/b7-5-,8-6-,13-11-,14-12-,19-17-,20-18-,25-23-,26-24-,32-30-,39-36-,46-44-,52-50-,58-56-,64-62-. The van der Waals surface area contributed by atoms with Gasteiger partial charge in [0.15, 0.2) is 6.10 Å². The minimum atomic E-state index is -0.808. The number of allylic oxidation sites excluding steroid dienone is 28. The number of hydrogen-bond acceptors (Lipinski definition) is 5. The summed E-state index contributed by atoms with van der Waals surface area (Å²) in [6.45, 7) is 3.89. The predicted molar refractivity (Wildman–Crippen MR) is 361 cm³/mol. The van der Waals surface area contributed by atoms with Crippen LogP contribution in [-0.2, 0) is 19.1 Å². The number of rotatable bonds is 60. The van der Waals surface area contributed by atoms with Crippen LogP contribution in [0.15, 0.2) is 170 Å². The molecule has 0 saturated carbocycles. The van der Waals surface area contributed by atoms with E-state index in [1.54, 1.807) is 0 Å². The van der Waals surface area contributed by atoms with Crippen molar-refractivity contribution in [3.05, 3.63) is 170 Å². The molecular formula is C77H124O5. The SMILES string of the molecule is CC/C=C\C/C=C\C/C=C\C/C=C\C/C=C\C/C=C\C/C=C\C/C=C\C/C=C\C/C=C\CCCCC(=O)OC(CO)COC(=O)CCCCCCCCCCCCCCCCCCCCCCCC/C=C\C/C=C\C/C=C\C/C=C\CC. The van der Waals surface area contributed by atoms with Gasteiger partial charge in [0.05, 0.1) is 6.61 Å². The lowest BCUT2D eigenvalue weighted by molar-refractivity contribution is -0.161. The molecule has 0 radical (unpaired) electrons. The smallest absolute Gasteiger partial charge is 0.306 e. The number of carbonyl (C=O) groups excluding carboxylic acids is 2. The maximum atomic E-state index is 12.3. The summed E-state index contributed by atoms with van der Waals surface area (Å²) < 4.78 is 10.7. The summed E-state index contributed by atoms with van der Waals surface area (Å²) in [6.07, 6.45) is 109. The molecule has 1 unspecified atom stereocenters. The fourth-order valence-electron chi connectivity index (χ4n) is 9.05. The Morgan fingerprint density at radius 3 is 0.756 bits per heavy atom. The molecule has 0 fully saturated rings. The van der Waals surface area contributed by atoms with Crippen molar-refractivity contribution in [1.82, 2.24) is 0 Å². The Morgan fingerprint density at radius 2 is 0.488 bits per heavy atom. The second kappa shape index (κ2) is 70.5. The summed E-state index contributed by atoms with van der Waals surface area (Å²) in [5, 5.41) is 9.69. The van der Waals surface area contributed by atoms with E-state index in [2.05, 4.69) is 184 Å². The van der Waals surface area contributed by atoms with Crippen molar-refractivity contribution in [3.8, 4) is 0 Å².